The van der Waals surface area contributed by atoms with E-state index in [1.165, 1.54) is 12.3 Å². The van der Waals surface area contributed by atoms with E-state index in [0.717, 1.165) is 12.1 Å². The summed E-state index contributed by atoms with van der Waals surface area (Å²) in [6.45, 7) is 0. The lowest BCUT2D eigenvalue weighted by molar-refractivity contribution is 0.434. The molecule has 2 aromatic heterocycles. The van der Waals surface area contributed by atoms with Crippen LogP contribution in [-0.2, 0) is 0 Å². The molecule has 0 atom stereocenters. The highest BCUT2D eigenvalue weighted by atomic mass is 35.5. The van der Waals surface area contributed by atoms with Gasteiger partial charge in [0.25, 0.3) is 0 Å². The Morgan fingerprint density at radius 1 is 0.950 bits per heavy atom. The van der Waals surface area contributed by atoms with Gasteiger partial charge in [-0.25, -0.2) is 8.78 Å². The van der Waals surface area contributed by atoms with Gasteiger partial charge in [0.2, 0.25) is 0 Å². The highest BCUT2D eigenvalue weighted by molar-refractivity contribution is 6.30. The van der Waals surface area contributed by atoms with Gasteiger partial charge in [-0.05, 0) is 24.3 Å². The van der Waals surface area contributed by atoms with Gasteiger partial charge in [0.05, 0.1) is 5.02 Å². The maximum absolute atomic E-state index is 13.2. The number of pyridine rings is 1. The Hall–Kier alpha value is -2.27. The van der Waals surface area contributed by atoms with E-state index < -0.39 is 11.6 Å². The fraction of sp³-hybridized carbons (Fsp3) is 0. The third-order valence-electron chi connectivity index (χ3n) is 2.71. The van der Waals surface area contributed by atoms with Crippen molar-refractivity contribution in [1.82, 2.24) is 10.1 Å². The predicted octanol–water partition coefficient (Wildman–Crippen LogP) is 4.34. The maximum atomic E-state index is 13.2. The van der Waals surface area contributed by atoms with E-state index >= 15 is 0 Å². The molecule has 0 amide bonds. The van der Waals surface area contributed by atoms with Crippen molar-refractivity contribution < 1.29 is 13.3 Å². The Bertz CT molecular complexity index is 773. The lowest BCUT2D eigenvalue weighted by Crippen LogP contribution is -1.83. The summed E-state index contributed by atoms with van der Waals surface area (Å²) < 4.78 is 31.2. The second kappa shape index (κ2) is 5.02. The minimum atomic E-state index is -0.940. The van der Waals surface area contributed by atoms with E-state index in [2.05, 4.69) is 10.1 Å². The van der Waals surface area contributed by atoms with Crippen LogP contribution in [0.3, 0.4) is 0 Å². The summed E-state index contributed by atoms with van der Waals surface area (Å²) in [6, 6.07) is 6.80. The fourth-order valence-electron chi connectivity index (χ4n) is 1.75. The summed E-state index contributed by atoms with van der Waals surface area (Å²) in [4.78, 5) is 3.95. The second-order valence-electron chi connectivity index (χ2n) is 4.10. The van der Waals surface area contributed by atoms with E-state index in [4.69, 9.17) is 16.1 Å². The molecule has 0 radical (unpaired) electrons. The Balaban J connectivity index is 1.99. The number of aromatic nitrogens is 2. The summed E-state index contributed by atoms with van der Waals surface area (Å²) >= 11 is 5.84. The minimum absolute atomic E-state index is 0.332. The van der Waals surface area contributed by atoms with Crippen molar-refractivity contribution in [3.8, 4) is 22.6 Å². The van der Waals surface area contributed by atoms with Crippen LogP contribution in [0.15, 0.2) is 47.2 Å². The number of benzene rings is 1. The van der Waals surface area contributed by atoms with Crippen molar-refractivity contribution in [1.29, 1.82) is 0 Å². The normalized spacial score (nSPS) is 10.8. The molecule has 0 saturated heterocycles. The van der Waals surface area contributed by atoms with Crippen LogP contribution in [-0.4, -0.2) is 10.1 Å². The number of hydrogen-bond donors (Lipinski definition) is 0. The van der Waals surface area contributed by atoms with Crippen molar-refractivity contribution in [2.24, 2.45) is 0 Å². The van der Waals surface area contributed by atoms with Gasteiger partial charge >= 0.3 is 0 Å². The molecule has 100 valence electrons. The fourth-order valence-corrected chi connectivity index (χ4v) is 1.92. The molecule has 0 saturated carbocycles. The van der Waals surface area contributed by atoms with E-state index in [0.29, 0.717) is 27.6 Å². The standard InChI is InChI=1S/C14H7ClF2N2O/c15-10-3-9(6-18-7-10)13-5-14(20-19-13)8-1-2-11(16)12(17)4-8/h1-7H. The predicted molar refractivity (Wildman–Crippen MR) is 70.1 cm³/mol. The molecule has 0 bridgehead atoms. The number of halogens is 3. The van der Waals surface area contributed by atoms with Gasteiger partial charge in [-0.1, -0.05) is 16.8 Å². The van der Waals surface area contributed by atoms with Crippen LogP contribution in [0.4, 0.5) is 8.78 Å². The molecule has 3 rings (SSSR count). The second-order valence-corrected chi connectivity index (χ2v) is 4.53. The maximum Gasteiger partial charge on any atom is 0.167 e. The first-order valence-corrected chi connectivity index (χ1v) is 6.04. The molecule has 0 aliphatic rings. The number of rotatable bonds is 2. The van der Waals surface area contributed by atoms with Gasteiger partial charge in [-0.3, -0.25) is 4.98 Å². The first kappa shape index (κ1) is 12.7. The van der Waals surface area contributed by atoms with Crippen LogP contribution >= 0.6 is 11.6 Å². The zero-order valence-corrected chi connectivity index (χ0v) is 10.7. The molecule has 6 heteroatoms. The van der Waals surface area contributed by atoms with E-state index in [1.807, 2.05) is 0 Å². The molecule has 0 unspecified atom stereocenters. The summed E-state index contributed by atoms with van der Waals surface area (Å²) in [5.74, 6) is -1.52. The number of hydrogen-bond acceptors (Lipinski definition) is 3. The molecule has 0 aliphatic carbocycles. The minimum Gasteiger partial charge on any atom is -0.356 e. The largest absolute Gasteiger partial charge is 0.356 e. The van der Waals surface area contributed by atoms with Crippen LogP contribution in [0.2, 0.25) is 5.02 Å². The van der Waals surface area contributed by atoms with E-state index in [9.17, 15) is 8.78 Å². The summed E-state index contributed by atoms with van der Waals surface area (Å²) in [6.07, 6.45) is 3.08. The van der Waals surface area contributed by atoms with Crippen molar-refractivity contribution in [3.63, 3.8) is 0 Å². The molecule has 3 aromatic rings. The first-order chi connectivity index (χ1) is 9.63. The molecular weight excluding hydrogens is 286 g/mol. The molecule has 0 spiro atoms. The van der Waals surface area contributed by atoms with Crippen molar-refractivity contribution >= 4 is 11.6 Å². The van der Waals surface area contributed by atoms with Crippen molar-refractivity contribution in [3.05, 3.63) is 59.4 Å². The average molecular weight is 293 g/mol. The van der Waals surface area contributed by atoms with Crippen LogP contribution in [0.1, 0.15) is 0 Å². The van der Waals surface area contributed by atoms with E-state index in [-0.39, 0.29) is 0 Å². The van der Waals surface area contributed by atoms with Crippen molar-refractivity contribution in [2.45, 2.75) is 0 Å². The quantitative estimate of drug-likeness (QED) is 0.705. The molecule has 2 heterocycles. The number of nitrogens with zero attached hydrogens (tertiary/aromatic N) is 2. The SMILES string of the molecule is Fc1ccc(-c2cc(-c3cncc(Cl)c3)no2)cc1F. The Labute approximate surface area is 117 Å². The summed E-state index contributed by atoms with van der Waals surface area (Å²) in [5.41, 5.74) is 1.59. The monoisotopic (exact) mass is 292 g/mol. The van der Waals surface area contributed by atoms with Gasteiger partial charge in [0.15, 0.2) is 17.4 Å². The molecule has 0 fully saturated rings. The summed E-state index contributed by atoms with van der Waals surface area (Å²) in [7, 11) is 0. The molecule has 3 nitrogen and oxygen atoms in total. The zero-order valence-electron chi connectivity index (χ0n) is 9.98. The third-order valence-corrected chi connectivity index (χ3v) is 2.92. The topological polar surface area (TPSA) is 38.9 Å². The van der Waals surface area contributed by atoms with Gasteiger partial charge in [-0.2, -0.15) is 0 Å². The van der Waals surface area contributed by atoms with Crippen LogP contribution in [0.5, 0.6) is 0 Å². The molecule has 20 heavy (non-hydrogen) atoms. The zero-order chi connectivity index (χ0) is 14.1. The molecule has 0 aliphatic heterocycles. The highest BCUT2D eigenvalue weighted by Crippen LogP contribution is 2.27. The van der Waals surface area contributed by atoms with Crippen LogP contribution < -0.4 is 0 Å². The average Bonchev–Trinajstić information content (AvgIpc) is 2.92. The lowest BCUT2D eigenvalue weighted by atomic mass is 10.1. The molecular formula is C14H7ClF2N2O. The highest BCUT2D eigenvalue weighted by Gasteiger charge is 2.11. The summed E-state index contributed by atoms with van der Waals surface area (Å²) in [5, 5.41) is 4.34. The molecule has 1 aromatic carbocycles. The van der Waals surface area contributed by atoms with Gasteiger partial charge in [0.1, 0.15) is 5.69 Å². The molecule has 0 N–H and O–H groups in total. The lowest BCUT2D eigenvalue weighted by Gasteiger charge is -1.96. The van der Waals surface area contributed by atoms with Crippen molar-refractivity contribution in [2.75, 3.05) is 0 Å². The van der Waals surface area contributed by atoms with Gasteiger partial charge in [0, 0.05) is 29.6 Å². The smallest absolute Gasteiger partial charge is 0.167 e. The Kier molecular flexibility index (Phi) is 3.20. The third kappa shape index (κ3) is 2.40. The van der Waals surface area contributed by atoms with Crippen LogP contribution in [0.25, 0.3) is 22.6 Å². The Morgan fingerprint density at radius 3 is 2.55 bits per heavy atom. The van der Waals surface area contributed by atoms with Gasteiger partial charge in [-0.15, -0.1) is 0 Å². The van der Waals surface area contributed by atoms with E-state index in [1.54, 1.807) is 18.3 Å². The van der Waals surface area contributed by atoms with Crippen LogP contribution in [0, 0.1) is 11.6 Å². The Morgan fingerprint density at radius 2 is 1.80 bits per heavy atom. The first-order valence-electron chi connectivity index (χ1n) is 5.66. The van der Waals surface area contributed by atoms with Gasteiger partial charge < -0.3 is 4.52 Å².